The van der Waals surface area contributed by atoms with Crippen molar-refractivity contribution in [3.05, 3.63) is 24.3 Å². The van der Waals surface area contributed by atoms with Crippen LogP contribution in [0.3, 0.4) is 0 Å². The van der Waals surface area contributed by atoms with Crippen LogP contribution >= 0.6 is 0 Å². The number of urea groups is 1. The highest BCUT2D eigenvalue weighted by Crippen LogP contribution is 2.44. The zero-order chi connectivity index (χ0) is 20.6. The van der Waals surface area contributed by atoms with E-state index in [4.69, 9.17) is 4.74 Å². The van der Waals surface area contributed by atoms with E-state index < -0.39 is 0 Å². The Morgan fingerprint density at radius 3 is 2.76 bits per heavy atom. The summed E-state index contributed by atoms with van der Waals surface area (Å²) in [4.78, 5) is 29.6. The van der Waals surface area contributed by atoms with Crippen molar-refractivity contribution in [1.82, 2.24) is 15.1 Å². The Morgan fingerprint density at radius 2 is 2.07 bits per heavy atom. The number of carbonyl (C=O) groups excluding carboxylic acids is 2. The summed E-state index contributed by atoms with van der Waals surface area (Å²) in [5.74, 6) is 1.99. The Labute approximate surface area is 172 Å². The Hall–Kier alpha value is -2.28. The van der Waals surface area contributed by atoms with Gasteiger partial charge in [-0.15, -0.1) is 0 Å². The number of hydrogen-bond donors (Lipinski definition) is 2. The SMILES string of the molecule is COc1cccc(NC(=O)N2CCC3(CC2)NC(=O)[C@H]2CN(CC(C)C)C[C@H]23)c1. The molecule has 1 spiro atoms. The van der Waals surface area contributed by atoms with Crippen LogP contribution in [0.4, 0.5) is 10.5 Å². The van der Waals surface area contributed by atoms with Crippen LogP contribution in [-0.4, -0.2) is 67.1 Å². The van der Waals surface area contributed by atoms with Gasteiger partial charge in [0.05, 0.1) is 13.0 Å². The molecule has 0 aromatic heterocycles. The number of ether oxygens (including phenoxy) is 1. The van der Waals surface area contributed by atoms with E-state index in [-0.39, 0.29) is 23.4 Å². The zero-order valence-electron chi connectivity index (χ0n) is 17.6. The molecule has 3 aliphatic rings. The Kier molecular flexibility index (Phi) is 5.42. The second-order valence-electron chi connectivity index (χ2n) is 9.12. The maximum absolute atomic E-state index is 12.7. The third-order valence-corrected chi connectivity index (χ3v) is 6.70. The molecule has 4 rings (SSSR count). The molecule has 3 fully saturated rings. The fourth-order valence-corrected chi connectivity index (χ4v) is 5.32. The first-order chi connectivity index (χ1) is 13.9. The maximum Gasteiger partial charge on any atom is 0.321 e. The fraction of sp³-hybridized carbons (Fsp3) is 0.636. The summed E-state index contributed by atoms with van der Waals surface area (Å²) in [7, 11) is 1.61. The van der Waals surface area contributed by atoms with E-state index in [1.54, 1.807) is 7.11 Å². The molecule has 0 aliphatic carbocycles. The van der Waals surface area contributed by atoms with E-state index in [0.29, 0.717) is 30.7 Å². The number of fused-ring (bicyclic) bond motifs is 2. The third kappa shape index (κ3) is 3.92. The molecule has 0 bridgehead atoms. The largest absolute Gasteiger partial charge is 0.497 e. The molecule has 0 saturated carbocycles. The van der Waals surface area contributed by atoms with Crippen LogP contribution in [0.5, 0.6) is 5.75 Å². The highest BCUT2D eigenvalue weighted by molar-refractivity contribution is 5.89. The van der Waals surface area contributed by atoms with Gasteiger partial charge in [-0.3, -0.25) is 4.79 Å². The Bertz CT molecular complexity index is 773. The van der Waals surface area contributed by atoms with Gasteiger partial charge < -0.3 is 25.2 Å². The Morgan fingerprint density at radius 1 is 1.31 bits per heavy atom. The van der Waals surface area contributed by atoms with Gasteiger partial charge in [-0.2, -0.15) is 0 Å². The summed E-state index contributed by atoms with van der Waals surface area (Å²) < 4.78 is 5.22. The molecule has 0 unspecified atom stereocenters. The van der Waals surface area contributed by atoms with Crippen LogP contribution in [0.2, 0.25) is 0 Å². The van der Waals surface area contributed by atoms with Crippen molar-refractivity contribution in [2.24, 2.45) is 17.8 Å². The summed E-state index contributed by atoms with van der Waals surface area (Å²) in [5, 5.41) is 6.29. The molecule has 29 heavy (non-hydrogen) atoms. The van der Waals surface area contributed by atoms with Crippen molar-refractivity contribution < 1.29 is 14.3 Å². The minimum atomic E-state index is -0.153. The lowest BCUT2D eigenvalue weighted by Crippen LogP contribution is -2.56. The number of anilines is 1. The first kappa shape index (κ1) is 20.0. The van der Waals surface area contributed by atoms with Crippen LogP contribution < -0.4 is 15.4 Å². The first-order valence-electron chi connectivity index (χ1n) is 10.6. The highest BCUT2D eigenvalue weighted by Gasteiger charge is 2.57. The van der Waals surface area contributed by atoms with Gasteiger partial charge in [-0.1, -0.05) is 19.9 Å². The predicted octanol–water partition coefficient (Wildman–Crippen LogP) is 2.40. The number of carbonyl (C=O) groups is 2. The number of rotatable bonds is 4. The standard InChI is InChI=1S/C22H32N4O3/c1-15(2)12-25-13-18-19(14-25)22(24-20(18)27)7-9-26(10-8-22)21(28)23-16-5-4-6-17(11-16)29-3/h4-6,11,15,18-19H,7-10,12-14H2,1-3H3,(H,23,28)(H,24,27)/t18-,19+/m0/s1. The van der Waals surface area contributed by atoms with Crippen LogP contribution in [0.25, 0.3) is 0 Å². The number of benzene rings is 1. The van der Waals surface area contributed by atoms with Gasteiger partial charge in [0.15, 0.2) is 0 Å². The first-order valence-corrected chi connectivity index (χ1v) is 10.6. The maximum atomic E-state index is 12.7. The third-order valence-electron chi connectivity index (χ3n) is 6.70. The van der Waals surface area contributed by atoms with Gasteiger partial charge in [0.25, 0.3) is 0 Å². The second-order valence-corrected chi connectivity index (χ2v) is 9.12. The topological polar surface area (TPSA) is 73.9 Å². The molecule has 3 saturated heterocycles. The molecule has 2 atom stereocenters. The van der Waals surface area contributed by atoms with Gasteiger partial charge in [0.1, 0.15) is 5.75 Å². The molecule has 0 radical (unpaired) electrons. The number of nitrogens with one attached hydrogen (secondary N) is 2. The quantitative estimate of drug-likeness (QED) is 0.814. The van der Waals surface area contributed by atoms with Crippen LogP contribution in [0.1, 0.15) is 26.7 Å². The van der Waals surface area contributed by atoms with Crippen LogP contribution in [0.15, 0.2) is 24.3 Å². The average molecular weight is 401 g/mol. The minimum Gasteiger partial charge on any atom is -0.497 e. The lowest BCUT2D eigenvalue weighted by Gasteiger charge is -2.42. The van der Waals surface area contributed by atoms with E-state index >= 15 is 0 Å². The minimum absolute atomic E-state index is 0.0955. The Balaban J connectivity index is 1.37. The molecule has 1 aromatic carbocycles. The molecular weight excluding hydrogens is 368 g/mol. The van der Waals surface area contributed by atoms with Gasteiger partial charge in [-0.05, 0) is 30.9 Å². The summed E-state index contributed by atoms with van der Waals surface area (Å²) in [6, 6.07) is 7.28. The van der Waals surface area contributed by atoms with E-state index in [1.165, 1.54) is 0 Å². The van der Waals surface area contributed by atoms with Crippen molar-refractivity contribution in [3.63, 3.8) is 0 Å². The van der Waals surface area contributed by atoms with E-state index in [2.05, 4.69) is 29.4 Å². The fourth-order valence-electron chi connectivity index (χ4n) is 5.32. The molecule has 1 aromatic rings. The molecular formula is C22H32N4O3. The van der Waals surface area contributed by atoms with Crippen molar-refractivity contribution in [2.75, 3.05) is 45.2 Å². The van der Waals surface area contributed by atoms with Gasteiger partial charge in [0.2, 0.25) is 5.91 Å². The molecule has 158 valence electrons. The molecule has 3 amide bonds. The number of hydrogen-bond acceptors (Lipinski definition) is 4. The van der Waals surface area contributed by atoms with Crippen LogP contribution in [0, 0.1) is 17.8 Å². The zero-order valence-corrected chi connectivity index (χ0v) is 17.6. The molecule has 7 nitrogen and oxygen atoms in total. The molecule has 7 heteroatoms. The monoisotopic (exact) mass is 400 g/mol. The van der Waals surface area contributed by atoms with E-state index in [0.717, 1.165) is 38.2 Å². The van der Waals surface area contributed by atoms with Crippen molar-refractivity contribution in [1.29, 1.82) is 0 Å². The van der Waals surface area contributed by atoms with Crippen molar-refractivity contribution >= 4 is 17.6 Å². The number of likely N-dealkylation sites (tertiary alicyclic amines) is 2. The van der Waals surface area contributed by atoms with Crippen LogP contribution in [-0.2, 0) is 4.79 Å². The number of piperidine rings is 1. The summed E-state index contributed by atoms with van der Waals surface area (Å²) in [6.07, 6.45) is 1.64. The number of amides is 3. The summed E-state index contributed by atoms with van der Waals surface area (Å²) in [5.41, 5.74) is 0.573. The van der Waals surface area contributed by atoms with Crippen molar-refractivity contribution in [2.45, 2.75) is 32.2 Å². The summed E-state index contributed by atoms with van der Waals surface area (Å²) >= 11 is 0. The molecule has 3 aliphatic heterocycles. The normalized spacial score (nSPS) is 25.9. The molecule has 3 heterocycles. The smallest absolute Gasteiger partial charge is 0.321 e. The second kappa shape index (κ2) is 7.86. The van der Waals surface area contributed by atoms with E-state index in [9.17, 15) is 9.59 Å². The molecule has 2 N–H and O–H groups in total. The number of methoxy groups -OCH3 is 1. The highest BCUT2D eigenvalue weighted by atomic mass is 16.5. The van der Waals surface area contributed by atoms with Gasteiger partial charge in [0, 0.05) is 55.9 Å². The predicted molar refractivity (Wildman–Crippen MR) is 112 cm³/mol. The van der Waals surface area contributed by atoms with Gasteiger partial charge in [-0.25, -0.2) is 4.79 Å². The van der Waals surface area contributed by atoms with Crippen molar-refractivity contribution in [3.8, 4) is 5.75 Å². The lowest BCUT2D eigenvalue weighted by molar-refractivity contribution is -0.123. The lowest BCUT2D eigenvalue weighted by atomic mass is 9.75. The van der Waals surface area contributed by atoms with Gasteiger partial charge >= 0.3 is 6.03 Å². The van der Waals surface area contributed by atoms with E-state index in [1.807, 2.05) is 29.2 Å². The number of nitrogens with zero attached hydrogens (tertiary/aromatic N) is 2. The summed E-state index contributed by atoms with van der Waals surface area (Å²) in [6.45, 7) is 8.67. The average Bonchev–Trinajstić information content (AvgIpc) is 3.21.